The van der Waals surface area contributed by atoms with E-state index in [-0.39, 0.29) is 15.7 Å². The number of nitrogens with one attached hydrogen (secondary N) is 1. The Morgan fingerprint density at radius 3 is 2.70 bits per heavy atom. The summed E-state index contributed by atoms with van der Waals surface area (Å²) in [5, 5.41) is 0.103. The van der Waals surface area contributed by atoms with Crippen molar-refractivity contribution in [1.29, 1.82) is 0 Å². The topological polar surface area (TPSA) is 85.1 Å². The van der Waals surface area contributed by atoms with E-state index in [4.69, 9.17) is 17.3 Å². The van der Waals surface area contributed by atoms with Crippen LogP contribution in [0, 0.1) is 0 Å². The Labute approximate surface area is 126 Å². The van der Waals surface area contributed by atoms with Crippen molar-refractivity contribution >= 4 is 44.9 Å². The van der Waals surface area contributed by atoms with Gasteiger partial charge in [0.2, 0.25) is 0 Å². The van der Waals surface area contributed by atoms with Crippen LogP contribution in [0.3, 0.4) is 0 Å². The fourth-order valence-corrected chi connectivity index (χ4v) is 3.41. The third-order valence-corrected chi connectivity index (χ3v) is 4.94. The lowest BCUT2D eigenvalue weighted by Gasteiger charge is -2.11. The van der Waals surface area contributed by atoms with Crippen LogP contribution in [0.25, 0.3) is 0 Å². The number of rotatable bonds is 4. The number of halogens is 1. The van der Waals surface area contributed by atoms with Crippen LogP contribution < -0.4 is 10.5 Å². The molecule has 1 aromatic heterocycles. The lowest BCUT2D eigenvalue weighted by molar-refractivity contribution is 0.601. The largest absolute Gasteiger partial charge is 0.382 e. The molecule has 2 rings (SSSR count). The van der Waals surface area contributed by atoms with Crippen LogP contribution in [0.1, 0.15) is 0 Å². The molecule has 0 aliphatic rings. The number of nitrogens with two attached hydrogens (primary N) is 1. The van der Waals surface area contributed by atoms with Crippen LogP contribution in [-0.2, 0) is 10.0 Å². The van der Waals surface area contributed by atoms with Crippen molar-refractivity contribution in [2.75, 3.05) is 16.7 Å². The second kappa shape index (κ2) is 5.90. The Kier molecular flexibility index (Phi) is 4.42. The lowest BCUT2D eigenvalue weighted by atomic mass is 10.3. The van der Waals surface area contributed by atoms with Crippen molar-refractivity contribution in [2.24, 2.45) is 0 Å². The molecule has 1 heterocycles. The van der Waals surface area contributed by atoms with Gasteiger partial charge in [-0.15, -0.1) is 11.8 Å². The monoisotopic (exact) mass is 329 g/mol. The molecule has 8 heteroatoms. The number of sulfonamides is 1. The Morgan fingerprint density at radius 2 is 2.05 bits per heavy atom. The Bertz CT molecular complexity index is 735. The molecular weight excluding hydrogens is 318 g/mol. The van der Waals surface area contributed by atoms with Gasteiger partial charge in [0.15, 0.2) is 0 Å². The normalized spacial score (nSPS) is 11.3. The third-order valence-electron chi connectivity index (χ3n) is 2.51. The van der Waals surface area contributed by atoms with Crippen LogP contribution in [0.15, 0.2) is 46.3 Å². The number of anilines is 2. The molecule has 0 aliphatic carbocycles. The highest BCUT2D eigenvalue weighted by atomic mass is 35.5. The molecule has 2 aromatic rings. The number of hydrogen-bond acceptors (Lipinski definition) is 5. The first-order valence-corrected chi connectivity index (χ1v) is 8.59. The zero-order valence-electron chi connectivity index (χ0n) is 10.5. The number of nitrogens with zero attached hydrogens (tertiary/aromatic N) is 1. The fourth-order valence-electron chi connectivity index (χ4n) is 1.51. The molecule has 0 saturated heterocycles. The summed E-state index contributed by atoms with van der Waals surface area (Å²) < 4.78 is 27.1. The summed E-state index contributed by atoms with van der Waals surface area (Å²) in [6, 6.07) is 8.39. The van der Waals surface area contributed by atoms with Crippen LogP contribution in [0.4, 0.5) is 11.5 Å². The second-order valence-electron chi connectivity index (χ2n) is 3.84. The van der Waals surface area contributed by atoms with Crippen molar-refractivity contribution in [3.63, 3.8) is 0 Å². The van der Waals surface area contributed by atoms with Crippen molar-refractivity contribution in [3.05, 3.63) is 41.6 Å². The average molecular weight is 330 g/mol. The number of benzene rings is 1. The van der Waals surface area contributed by atoms with E-state index in [1.807, 2.05) is 18.4 Å². The van der Waals surface area contributed by atoms with Crippen LogP contribution in [0.5, 0.6) is 0 Å². The minimum absolute atomic E-state index is 0.0346. The van der Waals surface area contributed by atoms with Gasteiger partial charge in [-0.05, 0) is 24.5 Å². The van der Waals surface area contributed by atoms with E-state index < -0.39 is 10.0 Å². The van der Waals surface area contributed by atoms with Gasteiger partial charge in [0.25, 0.3) is 10.0 Å². The maximum Gasteiger partial charge on any atom is 0.263 e. The maximum absolute atomic E-state index is 12.3. The van der Waals surface area contributed by atoms with E-state index >= 15 is 0 Å². The quantitative estimate of drug-likeness (QED) is 0.842. The minimum atomic E-state index is -3.75. The average Bonchev–Trinajstić information content (AvgIpc) is 2.42. The molecule has 0 radical (unpaired) electrons. The SMILES string of the molecule is CSc1ccccc1NS(=O)(=O)c1cnc(N)c(Cl)c1. The molecule has 0 saturated carbocycles. The maximum atomic E-state index is 12.3. The van der Waals surface area contributed by atoms with Gasteiger partial charge >= 0.3 is 0 Å². The molecule has 0 spiro atoms. The number of hydrogen-bond donors (Lipinski definition) is 2. The lowest BCUT2D eigenvalue weighted by Crippen LogP contribution is -2.14. The van der Waals surface area contributed by atoms with Gasteiger partial charge < -0.3 is 5.73 Å². The van der Waals surface area contributed by atoms with E-state index in [1.54, 1.807) is 12.1 Å². The summed E-state index contributed by atoms with van der Waals surface area (Å²) in [5.41, 5.74) is 5.98. The van der Waals surface area contributed by atoms with Crippen molar-refractivity contribution in [1.82, 2.24) is 4.98 Å². The van der Waals surface area contributed by atoms with Gasteiger partial charge in [0.1, 0.15) is 10.7 Å². The molecule has 20 heavy (non-hydrogen) atoms. The van der Waals surface area contributed by atoms with Gasteiger partial charge in [0.05, 0.1) is 10.7 Å². The van der Waals surface area contributed by atoms with Gasteiger partial charge in [-0.1, -0.05) is 23.7 Å². The third kappa shape index (κ3) is 3.17. The molecular formula is C12H12ClN3O2S2. The van der Waals surface area contributed by atoms with Crippen LogP contribution in [0.2, 0.25) is 5.02 Å². The number of pyridine rings is 1. The molecule has 0 unspecified atom stereocenters. The first kappa shape index (κ1) is 15.0. The summed E-state index contributed by atoms with van der Waals surface area (Å²) in [7, 11) is -3.75. The number of thioether (sulfide) groups is 1. The zero-order valence-corrected chi connectivity index (χ0v) is 12.9. The van der Waals surface area contributed by atoms with Crippen molar-refractivity contribution < 1.29 is 8.42 Å². The summed E-state index contributed by atoms with van der Waals surface area (Å²) in [5.74, 6) is 0.0927. The molecule has 0 fully saturated rings. The molecule has 5 nitrogen and oxygen atoms in total. The van der Waals surface area contributed by atoms with Gasteiger partial charge in [-0.2, -0.15) is 0 Å². The second-order valence-corrected chi connectivity index (χ2v) is 6.78. The summed E-state index contributed by atoms with van der Waals surface area (Å²) in [6.07, 6.45) is 3.04. The predicted molar refractivity (Wildman–Crippen MR) is 82.7 cm³/mol. The van der Waals surface area contributed by atoms with E-state index in [0.29, 0.717) is 5.69 Å². The van der Waals surface area contributed by atoms with Crippen molar-refractivity contribution in [3.8, 4) is 0 Å². The van der Waals surface area contributed by atoms with E-state index in [9.17, 15) is 8.42 Å². The van der Waals surface area contributed by atoms with E-state index in [0.717, 1.165) is 4.90 Å². The summed E-state index contributed by atoms with van der Waals surface area (Å²) >= 11 is 7.25. The highest BCUT2D eigenvalue weighted by molar-refractivity contribution is 7.99. The van der Waals surface area contributed by atoms with E-state index in [2.05, 4.69) is 9.71 Å². The smallest absolute Gasteiger partial charge is 0.263 e. The minimum Gasteiger partial charge on any atom is -0.382 e. The van der Waals surface area contributed by atoms with Crippen LogP contribution >= 0.6 is 23.4 Å². The number of nitrogen functional groups attached to an aromatic ring is 1. The Morgan fingerprint density at radius 1 is 1.35 bits per heavy atom. The molecule has 3 N–H and O–H groups in total. The molecule has 106 valence electrons. The number of para-hydroxylation sites is 1. The van der Waals surface area contributed by atoms with Gasteiger partial charge in [-0.25, -0.2) is 13.4 Å². The first-order valence-electron chi connectivity index (χ1n) is 5.51. The molecule has 0 amide bonds. The molecule has 0 atom stereocenters. The Hall–Kier alpha value is -1.44. The standard InChI is InChI=1S/C12H12ClN3O2S2/c1-19-11-5-3-2-4-10(11)16-20(17,18)8-6-9(13)12(14)15-7-8/h2-7,16H,1H3,(H2,14,15). The zero-order chi connectivity index (χ0) is 14.8. The summed E-state index contributed by atoms with van der Waals surface area (Å²) in [4.78, 5) is 4.54. The van der Waals surface area contributed by atoms with E-state index in [1.165, 1.54) is 24.0 Å². The molecule has 1 aromatic carbocycles. The summed E-state index contributed by atoms with van der Waals surface area (Å²) in [6.45, 7) is 0. The molecule has 0 bridgehead atoms. The van der Waals surface area contributed by atoms with Crippen molar-refractivity contribution in [2.45, 2.75) is 9.79 Å². The first-order chi connectivity index (χ1) is 9.44. The predicted octanol–water partition coefficient (Wildman–Crippen LogP) is 2.84. The molecule has 0 aliphatic heterocycles. The van der Waals surface area contributed by atoms with Gasteiger partial charge in [0, 0.05) is 11.1 Å². The Balaban J connectivity index is 2.38. The number of aromatic nitrogens is 1. The fraction of sp³-hybridized carbons (Fsp3) is 0.0833. The van der Waals surface area contributed by atoms with Crippen LogP contribution in [-0.4, -0.2) is 19.7 Å². The highest BCUT2D eigenvalue weighted by Gasteiger charge is 2.17. The highest BCUT2D eigenvalue weighted by Crippen LogP contribution is 2.28. The van der Waals surface area contributed by atoms with Gasteiger partial charge in [-0.3, -0.25) is 4.72 Å².